The molecular weight excluding hydrogens is 296 g/mol. The molecule has 0 saturated carbocycles. The van der Waals surface area contributed by atoms with Crippen LogP contribution in [0.2, 0.25) is 0 Å². The molecular formula is C16H18N4O3. The van der Waals surface area contributed by atoms with Crippen molar-refractivity contribution in [3.05, 3.63) is 47.8 Å². The quantitative estimate of drug-likeness (QED) is 0.931. The van der Waals surface area contributed by atoms with Crippen LogP contribution in [-0.2, 0) is 11.2 Å². The first-order valence-corrected chi connectivity index (χ1v) is 7.50. The van der Waals surface area contributed by atoms with Gasteiger partial charge < -0.3 is 14.6 Å². The van der Waals surface area contributed by atoms with E-state index in [9.17, 15) is 14.7 Å². The maximum atomic E-state index is 12.7. The van der Waals surface area contributed by atoms with Crippen molar-refractivity contribution in [2.75, 3.05) is 6.54 Å². The second-order valence-electron chi connectivity index (χ2n) is 5.81. The highest BCUT2D eigenvalue weighted by atomic mass is 16.4. The van der Waals surface area contributed by atoms with Crippen molar-refractivity contribution in [1.82, 2.24) is 19.4 Å². The average molecular weight is 314 g/mol. The molecule has 0 aromatic carbocycles. The Balaban J connectivity index is 2.04. The largest absolute Gasteiger partial charge is 0.479 e. The minimum Gasteiger partial charge on any atom is -0.479 e. The summed E-state index contributed by atoms with van der Waals surface area (Å²) in [5.41, 5.74) is 1.73. The second-order valence-corrected chi connectivity index (χ2v) is 5.81. The maximum Gasteiger partial charge on any atom is 0.332 e. The molecule has 1 N–H and O–H groups in total. The molecule has 3 heterocycles. The number of carbonyl (C=O) groups is 2. The fraction of sp³-hybridized carbons (Fsp3) is 0.375. The molecule has 0 bridgehead atoms. The van der Waals surface area contributed by atoms with E-state index in [1.807, 2.05) is 18.4 Å². The Hall–Kier alpha value is -2.70. The Morgan fingerprint density at radius 3 is 2.78 bits per heavy atom. The minimum absolute atomic E-state index is 0.0709. The first kappa shape index (κ1) is 15.2. The summed E-state index contributed by atoms with van der Waals surface area (Å²) in [5.74, 6) is -1.38. The molecule has 2 aromatic rings. The van der Waals surface area contributed by atoms with Gasteiger partial charge in [0, 0.05) is 31.4 Å². The van der Waals surface area contributed by atoms with Gasteiger partial charge in [-0.2, -0.15) is 0 Å². The fourth-order valence-corrected chi connectivity index (χ4v) is 2.94. The first-order valence-electron chi connectivity index (χ1n) is 7.50. The number of aromatic nitrogens is 3. The monoisotopic (exact) mass is 314 g/mol. The zero-order valence-electron chi connectivity index (χ0n) is 13.0. The fourth-order valence-electron chi connectivity index (χ4n) is 2.94. The number of imidazole rings is 1. The van der Waals surface area contributed by atoms with E-state index in [1.165, 1.54) is 11.1 Å². The number of hydrogen-bond acceptors (Lipinski definition) is 4. The molecule has 0 saturated heterocycles. The predicted octanol–water partition coefficient (Wildman–Crippen LogP) is 1.68. The Morgan fingerprint density at radius 2 is 2.17 bits per heavy atom. The summed E-state index contributed by atoms with van der Waals surface area (Å²) in [6, 6.07) is 2.35. The molecule has 3 rings (SSSR count). The Labute approximate surface area is 133 Å². The molecule has 1 unspecified atom stereocenters. The van der Waals surface area contributed by atoms with Crippen molar-refractivity contribution in [3.8, 4) is 0 Å². The SMILES string of the molecule is CC(C)n1cnc2c1C(C(=O)O)N(C(=O)c1cccnc1)CC2. The highest BCUT2D eigenvalue weighted by molar-refractivity contribution is 5.96. The summed E-state index contributed by atoms with van der Waals surface area (Å²) >= 11 is 0. The van der Waals surface area contributed by atoms with Gasteiger partial charge in [0.25, 0.3) is 5.91 Å². The van der Waals surface area contributed by atoms with Gasteiger partial charge in [0.05, 0.1) is 23.3 Å². The van der Waals surface area contributed by atoms with Gasteiger partial charge in [-0.1, -0.05) is 0 Å². The lowest BCUT2D eigenvalue weighted by Gasteiger charge is -2.34. The van der Waals surface area contributed by atoms with Gasteiger partial charge in [-0.15, -0.1) is 0 Å². The summed E-state index contributed by atoms with van der Waals surface area (Å²) in [4.78, 5) is 34.3. The highest BCUT2D eigenvalue weighted by Gasteiger charge is 2.39. The van der Waals surface area contributed by atoms with Crippen LogP contribution in [0, 0.1) is 0 Å². The molecule has 0 radical (unpaired) electrons. The second kappa shape index (κ2) is 5.83. The topological polar surface area (TPSA) is 88.3 Å². The number of pyridine rings is 1. The molecule has 1 amide bonds. The number of carboxylic acids is 1. The number of rotatable bonds is 3. The summed E-state index contributed by atoms with van der Waals surface area (Å²) in [6.45, 7) is 4.25. The van der Waals surface area contributed by atoms with Crippen molar-refractivity contribution in [2.45, 2.75) is 32.4 Å². The van der Waals surface area contributed by atoms with E-state index in [-0.39, 0.29) is 11.9 Å². The van der Waals surface area contributed by atoms with Crippen LogP contribution in [0.25, 0.3) is 0 Å². The zero-order chi connectivity index (χ0) is 16.6. The van der Waals surface area contributed by atoms with Crippen molar-refractivity contribution < 1.29 is 14.7 Å². The van der Waals surface area contributed by atoms with Crippen LogP contribution in [0.3, 0.4) is 0 Å². The number of hydrogen-bond donors (Lipinski definition) is 1. The smallest absolute Gasteiger partial charge is 0.332 e. The van der Waals surface area contributed by atoms with Crippen LogP contribution in [0.15, 0.2) is 30.9 Å². The van der Waals surface area contributed by atoms with Gasteiger partial charge in [0.1, 0.15) is 0 Å². The molecule has 1 atom stereocenters. The first-order chi connectivity index (χ1) is 11.0. The molecule has 0 spiro atoms. The molecule has 7 heteroatoms. The Kier molecular flexibility index (Phi) is 3.85. The Morgan fingerprint density at radius 1 is 1.39 bits per heavy atom. The van der Waals surface area contributed by atoms with Crippen molar-refractivity contribution in [2.24, 2.45) is 0 Å². The number of carboxylic acid groups (broad SMARTS) is 1. The summed E-state index contributed by atoms with van der Waals surface area (Å²) < 4.78 is 1.83. The average Bonchev–Trinajstić information content (AvgIpc) is 2.98. The van der Waals surface area contributed by atoms with Gasteiger partial charge in [-0.25, -0.2) is 9.78 Å². The normalized spacial score (nSPS) is 17.2. The molecule has 120 valence electrons. The third-order valence-corrected chi connectivity index (χ3v) is 4.03. The molecule has 1 aliphatic rings. The third kappa shape index (κ3) is 2.58. The van der Waals surface area contributed by atoms with Gasteiger partial charge in [0.2, 0.25) is 0 Å². The number of nitrogens with zero attached hydrogens (tertiary/aromatic N) is 4. The zero-order valence-corrected chi connectivity index (χ0v) is 13.0. The van der Waals surface area contributed by atoms with Gasteiger partial charge in [0.15, 0.2) is 6.04 Å². The molecule has 1 aliphatic heterocycles. The van der Waals surface area contributed by atoms with E-state index in [1.54, 1.807) is 24.7 Å². The van der Waals surface area contributed by atoms with Crippen molar-refractivity contribution in [1.29, 1.82) is 0 Å². The molecule has 0 aliphatic carbocycles. The van der Waals surface area contributed by atoms with Gasteiger partial charge in [-0.3, -0.25) is 9.78 Å². The lowest BCUT2D eigenvalue weighted by Crippen LogP contribution is -2.44. The highest BCUT2D eigenvalue weighted by Crippen LogP contribution is 2.32. The van der Waals surface area contributed by atoms with Crippen LogP contribution < -0.4 is 0 Å². The van der Waals surface area contributed by atoms with Crippen LogP contribution in [0.5, 0.6) is 0 Å². The van der Waals surface area contributed by atoms with Crippen LogP contribution in [-0.4, -0.2) is 43.0 Å². The van der Waals surface area contributed by atoms with Gasteiger partial charge in [-0.05, 0) is 26.0 Å². The van der Waals surface area contributed by atoms with Crippen LogP contribution in [0.1, 0.15) is 47.7 Å². The molecule has 0 fully saturated rings. The third-order valence-electron chi connectivity index (χ3n) is 4.03. The predicted molar refractivity (Wildman–Crippen MR) is 82.0 cm³/mol. The maximum absolute atomic E-state index is 12.7. The molecule has 7 nitrogen and oxygen atoms in total. The lowest BCUT2D eigenvalue weighted by molar-refractivity contribution is -0.143. The number of amides is 1. The lowest BCUT2D eigenvalue weighted by atomic mass is 10.0. The molecule has 2 aromatic heterocycles. The minimum atomic E-state index is -1.05. The van der Waals surface area contributed by atoms with E-state index in [0.717, 1.165) is 5.69 Å². The van der Waals surface area contributed by atoms with Crippen LogP contribution >= 0.6 is 0 Å². The summed E-state index contributed by atoms with van der Waals surface area (Å²) in [5, 5.41) is 9.73. The van der Waals surface area contributed by atoms with Gasteiger partial charge >= 0.3 is 5.97 Å². The number of carbonyl (C=O) groups excluding carboxylic acids is 1. The number of fused-ring (bicyclic) bond motifs is 1. The van der Waals surface area contributed by atoms with Crippen molar-refractivity contribution >= 4 is 11.9 Å². The van der Waals surface area contributed by atoms with Crippen molar-refractivity contribution in [3.63, 3.8) is 0 Å². The van der Waals surface area contributed by atoms with E-state index >= 15 is 0 Å². The Bertz CT molecular complexity index is 739. The van der Waals surface area contributed by atoms with Crippen LogP contribution in [0.4, 0.5) is 0 Å². The van der Waals surface area contributed by atoms with E-state index in [4.69, 9.17) is 0 Å². The summed E-state index contributed by atoms with van der Waals surface area (Å²) in [6.07, 6.45) is 5.23. The van der Waals surface area contributed by atoms with E-state index in [2.05, 4.69) is 9.97 Å². The standard InChI is InChI=1S/C16H18N4O3/c1-10(2)20-9-18-12-5-7-19(14(13(12)20)16(22)23)15(21)11-4-3-6-17-8-11/h3-4,6,8-10,14H,5,7H2,1-2H3,(H,22,23). The number of aliphatic carboxylic acids is 1. The summed E-state index contributed by atoms with van der Waals surface area (Å²) in [7, 11) is 0. The van der Waals surface area contributed by atoms with E-state index < -0.39 is 12.0 Å². The van der Waals surface area contributed by atoms with E-state index in [0.29, 0.717) is 24.2 Å². The molecule has 23 heavy (non-hydrogen) atoms.